The number of aryl methyl sites for hydroxylation is 1. The second-order valence-corrected chi connectivity index (χ2v) is 6.65. The molecular formula is C17H24N2O2. The van der Waals surface area contributed by atoms with E-state index in [9.17, 15) is 5.11 Å². The Morgan fingerprint density at radius 3 is 2.76 bits per heavy atom. The lowest BCUT2D eigenvalue weighted by molar-refractivity contribution is -0.0314. The van der Waals surface area contributed by atoms with Crippen molar-refractivity contribution in [3.8, 4) is 0 Å². The highest BCUT2D eigenvalue weighted by Gasteiger charge is 2.33. The van der Waals surface area contributed by atoms with Gasteiger partial charge < -0.3 is 14.8 Å². The maximum Gasteiger partial charge on any atom is 0.198 e. The summed E-state index contributed by atoms with van der Waals surface area (Å²) in [4.78, 5) is 4.57. The van der Waals surface area contributed by atoms with Crippen LogP contribution < -0.4 is 5.32 Å². The molecule has 1 saturated carbocycles. The Kier molecular flexibility index (Phi) is 3.76. The normalized spacial score (nSPS) is 17.4. The van der Waals surface area contributed by atoms with E-state index < -0.39 is 5.60 Å². The average Bonchev–Trinajstić information content (AvgIpc) is 2.81. The standard InChI is InChI=1S/C17H24N2O2/c1-11(2)16-19-14-8-13(7-12(3)15(14)21-16)9-18-10-17(20)5-4-6-17/h7-8,11,18,20H,4-6,9-10H2,1-3H3. The number of aliphatic hydroxyl groups is 1. The molecule has 4 heteroatoms. The molecule has 0 aliphatic heterocycles. The smallest absolute Gasteiger partial charge is 0.198 e. The first-order valence-electron chi connectivity index (χ1n) is 7.80. The molecule has 1 aliphatic rings. The van der Waals surface area contributed by atoms with E-state index in [4.69, 9.17) is 4.42 Å². The van der Waals surface area contributed by atoms with Gasteiger partial charge in [0, 0.05) is 19.0 Å². The number of benzene rings is 1. The third-order valence-electron chi connectivity index (χ3n) is 4.31. The Bertz CT molecular complexity index is 642. The van der Waals surface area contributed by atoms with E-state index in [0.29, 0.717) is 12.5 Å². The van der Waals surface area contributed by atoms with Crippen LogP contribution in [0.3, 0.4) is 0 Å². The van der Waals surface area contributed by atoms with Gasteiger partial charge in [-0.1, -0.05) is 19.9 Å². The number of hydrogen-bond donors (Lipinski definition) is 2. The molecule has 0 radical (unpaired) electrons. The highest BCUT2D eigenvalue weighted by atomic mass is 16.3. The van der Waals surface area contributed by atoms with E-state index in [0.717, 1.165) is 48.4 Å². The third kappa shape index (κ3) is 2.97. The Morgan fingerprint density at radius 2 is 2.14 bits per heavy atom. The maximum absolute atomic E-state index is 10.1. The van der Waals surface area contributed by atoms with Crippen molar-refractivity contribution >= 4 is 11.1 Å². The van der Waals surface area contributed by atoms with Crippen LogP contribution in [0, 0.1) is 6.92 Å². The number of oxazole rings is 1. The van der Waals surface area contributed by atoms with Crippen molar-refractivity contribution in [3.05, 3.63) is 29.2 Å². The van der Waals surface area contributed by atoms with Gasteiger partial charge in [0.25, 0.3) is 0 Å². The molecule has 0 bridgehead atoms. The number of nitrogens with one attached hydrogen (secondary N) is 1. The largest absolute Gasteiger partial charge is 0.440 e. The fraction of sp³-hybridized carbons (Fsp3) is 0.588. The first-order valence-corrected chi connectivity index (χ1v) is 7.80. The zero-order valence-electron chi connectivity index (χ0n) is 13.1. The zero-order chi connectivity index (χ0) is 15.0. The van der Waals surface area contributed by atoms with Crippen LogP contribution in [0.25, 0.3) is 11.1 Å². The number of hydrogen-bond acceptors (Lipinski definition) is 4. The van der Waals surface area contributed by atoms with Crippen LogP contribution in [-0.4, -0.2) is 22.2 Å². The van der Waals surface area contributed by atoms with Crippen molar-refractivity contribution in [1.82, 2.24) is 10.3 Å². The minimum Gasteiger partial charge on any atom is -0.440 e. The van der Waals surface area contributed by atoms with Crippen molar-refractivity contribution in [2.45, 2.75) is 58.1 Å². The van der Waals surface area contributed by atoms with Crippen LogP contribution >= 0.6 is 0 Å². The second kappa shape index (κ2) is 5.43. The molecule has 114 valence electrons. The van der Waals surface area contributed by atoms with Crippen molar-refractivity contribution in [1.29, 1.82) is 0 Å². The van der Waals surface area contributed by atoms with E-state index in [1.807, 2.05) is 0 Å². The lowest BCUT2D eigenvalue weighted by Gasteiger charge is -2.36. The van der Waals surface area contributed by atoms with Gasteiger partial charge in [0.15, 0.2) is 11.5 Å². The summed E-state index contributed by atoms with van der Waals surface area (Å²) in [7, 11) is 0. The Labute approximate surface area is 125 Å². The quantitative estimate of drug-likeness (QED) is 0.886. The minimum absolute atomic E-state index is 0.297. The van der Waals surface area contributed by atoms with Crippen LogP contribution in [0.5, 0.6) is 0 Å². The van der Waals surface area contributed by atoms with Crippen molar-refractivity contribution in [2.24, 2.45) is 0 Å². The van der Waals surface area contributed by atoms with E-state index >= 15 is 0 Å². The summed E-state index contributed by atoms with van der Waals surface area (Å²) < 4.78 is 5.83. The third-order valence-corrected chi connectivity index (χ3v) is 4.31. The summed E-state index contributed by atoms with van der Waals surface area (Å²) in [6.07, 6.45) is 2.97. The van der Waals surface area contributed by atoms with Gasteiger partial charge in [0.2, 0.25) is 0 Å². The first kappa shape index (κ1) is 14.5. The summed E-state index contributed by atoms with van der Waals surface area (Å²) in [6, 6.07) is 4.21. The van der Waals surface area contributed by atoms with Gasteiger partial charge in [-0.15, -0.1) is 0 Å². The maximum atomic E-state index is 10.1. The molecule has 0 unspecified atom stereocenters. The van der Waals surface area contributed by atoms with Gasteiger partial charge in [-0.2, -0.15) is 0 Å². The fourth-order valence-electron chi connectivity index (χ4n) is 2.84. The molecule has 1 aliphatic carbocycles. The summed E-state index contributed by atoms with van der Waals surface area (Å²) in [5.41, 5.74) is 3.65. The predicted molar refractivity (Wildman–Crippen MR) is 83.3 cm³/mol. The minimum atomic E-state index is -0.474. The molecule has 3 rings (SSSR count). The van der Waals surface area contributed by atoms with Gasteiger partial charge in [0.05, 0.1) is 5.60 Å². The number of nitrogens with zero attached hydrogens (tertiary/aromatic N) is 1. The second-order valence-electron chi connectivity index (χ2n) is 6.65. The van der Waals surface area contributed by atoms with Crippen molar-refractivity contribution in [2.75, 3.05) is 6.54 Å². The Balaban J connectivity index is 1.73. The van der Waals surface area contributed by atoms with Crippen LogP contribution in [-0.2, 0) is 6.54 Å². The zero-order valence-corrected chi connectivity index (χ0v) is 13.1. The molecule has 1 aromatic heterocycles. The molecule has 0 amide bonds. The van der Waals surface area contributed by atoms with Gasteiger partial charge in [-0.25, -0.2) is 4.98 Å². The average molecular weight is 288 g/mol. The topological polar surface area (TPSA) is 58.3 Å². The van der Waals surface area contributed by atoms with Gasteiger partial charge in [-0.3, -0.25) is 0 Å². The predicted octanol–water partition coefficient (Wildman–Crippen LogP) is 3.26. The molecule has 21 heavy (non-hydrogen) atoms. The summed E-state index contributed by atoms with van der Waals surface area (Å²) in [6.45, 7) is 7.65. The van der Waals surface area contributed by atoms with Gasteiger partial charge in [0.1, 0.15) is 5.52 Å². The SMILES string of the molecule is Cc1cc(CNCC2(O)CCC2)cc2nc(C(C)C)oc12. The van der Waals surface area contributed by atoms with E-state index in [1.54, 1.807) is 0 Å². The number of aromatic nitrogens is 1. The monoisotopic (exact) mass is 288 g/mol. The molecule has 1 heterocycles. The summed E-state index contributed by atoms with van der Waals surface area (Å²) in [5, 5.41) is 13.4. The first-order chi connectivity index (χ1) is 9.97. The molecule has 4 nitrogen and oxygen atoms in total. The van der Waals surface area contributed by atoms with Crippen LogP contribution in [0.4, 0.5) is 0 Å². The number of fused-ring (bicyclic) bond motifs is 1. The van der Waals surface area contributed by atoms with E-state index in [-0.39, 0.29) is 0 Å². The molecule has 0 atom stereocenters. The Hall–Kier alpha value is -1.39. The molecule has 0 saturated heterocycles. The van der Waals surface area contributed by atoms with E-state index in [1.165, 1.54) is 5.56 Å². The van der Waals surface area contributed by atoms with Gasteiger partial charge >= 0.3 is 0 Å². The van der Waals surface area contributed by atoms with Crippen molar-refractivity contribution < 1.29 is 9.52 Å². The Morgan fingerprint density at radius 1 is 1.38 bits per heavy atom. The lowest BCUT2D eigenvalue weighted by Crippen LogP contribution is -2.45. The van der Waals surface area contributed by atoms with Gasteiger partial charge in [-0.05, 0) is 43.4 Å². The number of rotatable bonds is 5. The van der Waals surface area contributed by atoms with Crippen LogP contribution in [0.1, 0.15) is 56.0 Å². The molecular weight excluding hydrogens is 264 g/mol. The molecule has 0 spiro atoms. The van der Waals surface area contributed by atoms with Crippen molar-refractivity contribution in [3.63, 3.8) is 0 Å². The van der Waals surface area contributed by atoms with Crippen LogP contribution in [0.15, 0.2) is 16.5 Å². The molecule has 1 fully saturated rings. The molecule has 1 aromatic carbocycles. The van der Waals surface area contributed by atoms with Crippen LogP contribution in [0.2, 0.25) is 0 Å². The fourth-order valence-corrected chi connectivity index (χ4v) is 2.84. The highest BCUT2D eigenvalue weighted by Crippen LogP contribution is 2.31. The summed E-state index contributed by atoms with van der Waals surface area (Å²) >= 11 is 0. The van der Waals surface area contributed by atoms with E-state index in [2.05, 4.69) is 43.2 Å². The lowest BCUT2D eigenvalue weighted by atomic mass is 9.80. The summed E-state index contributed by atoms with van der Waals surface area (Å²) in [5.74, 6) is 1.09. The molecule has 2 N–H and O–H groups in total. The molecule has 2 aromatic rings. The highest BCUT2D eigenvalue weighted by molar-refractivity contribution is 5.77.